The fourth-order valence-electron chi connectivity index (χ4n) is 5.46. The van der Waals surface area contributed by atoms with Crippen LogP contribution in [0.4, 0.5) is 11.9 Å². The highest BCUT2D eigenvalue weighted by Gasteiger charge is 2.21. The molecule has 3 aliphatic heterocycles. The van der Waals surface area contributed by atoms with Crippen LogP contribution in [0.15, 0.2) is 97.1 Å². The van der Waals surface area contributed by atoms with E-state index in [9.17, 15) is 9.59 Å². The summed E-state index contributed by atoms with van der Waals surface area (Å²) in [7, 11) is 0. The van der Waals surface area contributed by atoms with Crippen molar-refractivity contribution in [2.75, 3.05) is 50.2 Å². The molecule has 3 aliphatic rings. The predicted octanol–water partition coefficient (Wildman–Crippen LogP) is 6.12. The molecule has 0 amide bonds. The van der Waals surface area contributed by atoms with Gasteiger partial charge in [-0.3, -0.25) is 0 Å². The van der Waals surface area contributed by atoms with E-state index in [1.54, 1.807) is 0 Å². The summed E-state index contributed by atoms with van der Waals surface area (Å²) in [6, 6.07) is 26.3. The molecular weight excluding hydrogens is 752 g/mol. The Balaban J connectivity index is 1.20. The van der Waals surface area contributed by atoms with Gasteiger partial charge in [-0.15, -0.1) is 9.97 Å². The molecule has 5 heterocycles. The SMILES string of the molecule is O=C(OCc1ccccc1)c1cc2cc(c1)Oc1nc3nc(n1)Oc1cc(cc(C(=O)OCc4ccccc4)c1)Oc1nc(nc(n1)O2)NCCOCCOCCN3. The zero-order valence-corrected chi connectivity index (χ0v) is 30.7. The molecule has 18 nitrogen and oxygen atoms in total. The van der Waals surface area contributed by atoms with Gasteiger partial charge in [0.1, 0.15) is 36.2 Å². The molecule has 6 aromatic rings. The maximum atomic E-state index is 13.4. The summed E-state index contributed by atoms with van der Waals surface area (Å²) in [4.78, 5) is 53.3. The normalized spacial score (nSPS) is 13.7. The van der Waals surface area contributed by atoms with Gasteiger partial charge in [0.05, 0.1) is 37.6 Å². The first-order valence-corrected chi connectivity index (χ1v) is 18.1. The largest absolute Gasteiger partial charge is 0.457 e. The number of fused-ring (bicyclic) bond motifs is 9. The minimum atomic E-state index is -0.667. The summed E-state index contributed by atoms with van der Waals surface area (Å²) in [5.41, 5.74) is 1.74. The molecule has 0 saturated heterocycles. The van der Waals surface area contributed by atoms with E-state index in [2.05, 4.69) is 40.5 Å². The Hall–Kier alpha value is -7.44. The molecule has 58 heavy (non-hydrogen) atoms. The molecular formula is C40H34N8O10. The maximum Gasteiger partial charge on any atom is 0.338 e. The maximum absolute atomic E-state index is 13.4. The number of nitrogens with zero attached hydrogens (tertiary/aromatic N) is 6. The second kappa shape index (κ2) is 18.0. The van der Waals surface area contributed by atoms with Gasteiger partial charge in [-0.05, 0) is 35.4 Å². The van der Waals surface area contributed by atoms with Crippen molar-refractivity contribution in [2.45, 2.75) is 13.2 Å². The number of carbonyl (C=O) groups excluding carboxylic acids is 2. The van der Waals surface area contributed by atoms with Crippen LogP contribution < -0.4 is 29.6 Å². The molecule has 0 spiro atoms. The van der Waals surface area contributed by atoms with Gasteiger partial charge in [-0.2, -0.15) is 19.9 Å². The van der Waals surface area contributed by atoms with E-state index in [0.29, 0.717) is 26.3 Å². The van der Waals surface area contributed by atoms with E-state index in [-0.39, 0.29) is 96.5 Å². The van der Waals surface area contributed by atoms with Gasteiger partial charge in [0.15, 0.2) is 0 Å². The zero-order chi connectivity index (χ0) is 39.5. The minimum absolute atomic E-state index is 0.0212. The number of hydrogen-bond acceptors (Lipinski definition) is 18. The Bertz CT molecular complexity index is 2140. The van der Waals surface area contributed by atoms with Crippen molar-refractivity contribution in [3.63, 3.8) is 0 Å². The first-order valence-electron chi connectivity index (χ1n) is 18.1. The fourth-order valence-corrected chi connectivity index (χ4v) is 5.46. The van der Waals surface area contributed by atoms with Gasteiger partial charge < -0.3 is 48.5 Å². The highest BCUT2D eigenvalue weighted by Crippen LogP contribution is 2.34. The summed E-state index contributed by atoms with van der Waals surface area (Å²) in [5, 5.41) is 6.16. The number of nitrogens with one attached hydrogen (secondary N) is 2. The van der Waals surface area contributed by atoms with Gasteiger partial charge in [-0.1, -0.05) is 60.7 Å². The number of benzene rings is 4. The van der Waals surface area contributed by atoms with Crippen LogP contribution in [-0.2, 0) is 32.2 Å². The van der Waals surface area contributed by atoms with Crippen LogP contribution >= 0.6 is 0 Å². The van der Waals surface area contributed by atoms with E-state index in [1.165, 1.54) is 36.4 Å². The lowest BCUT2D eigenvalue weighted by atomic mass is 10.2. The van der Waals surface area contributed by atoms with Crippen molar-refractivity contribution < 1.29 is 47.5 Å². The Morgan fingerprint density at radius 2 is 0.845 bits per heavy atom. The zero-order valence-electron chi connectivity index (χ0n) is 30.7. The van der Waals surface area contributed by atoms with Crippen molar-refractivity contribution in [3.05, 3.63) is 119 Å². The van der Waals surface area contributed by atoms with Crippen molar-refractivity contribution >= 4 is 23.8 Å². The number of ether oxygens (including phenoxy) is 8. The molecule has 0 atom stereocenters. The molecule has 0 fully saturated rings. The first kappa shape index (κ1) is 37.5. The molecule has 18 heteroatoms. The third kappa shape index (κ3) is 10.2. The predicted molar refractivity (Wildman–Crippen MR) is 203 cm³/mol. The van der Waals surface area contributed by atoms with Crippen LogP contribution in [0.3, 0.4) is 0 Å². The van der Waals surface area contributed by atoms with Crippen molar-refractivity contribution in [1.82, 2.24) is 29.9 Å². The van der Waals surface area contributed by atoms with Gasteiger partial charge in [0.25, 0.3) is 0 Å². The molecule has 294 valence electrons. The molecule has 9 rings (SSSR count). The number of aromatic nitrogens is 6. The minimum Gasteiger partial charge on any atom is -0.457 e. The summed E-state index contributed by atoms with van der Waals surface area (Å²) in [6.07, 6.45) is 0. The summed E-state index contributed by atoms with van der Waals surface area (Å²) < 4.78 is 47.1. The molecule has 0 radical (unpaired) electrons. The molecule has 10 bridgehead atoms. The standard InChI is InChI=1S/C40H34N8O10/c49-33(53-23-25-7-3-1-4-8-25)27-17-29-21-30(18-27)56-38-44-36-42-12-14-52-16-15-51-13-11-41-35-43-37(55-29)47-39(45-35)57-31-19-28(20-32(22-31)58-40(46-36)48-38)34(50)54-24-26-9-5-2-6-10-26/h1-10,17-22H,11-16,23-24H2,(H,41,43,45,47)(H,42,44,46,48). The van der Waals surface area contributed by atoms with Crippen LogP contribution in [0.5, 0.6) is 47.0 Å². The third-order valence-electron chi connectivity index (χ3n) is 8.11. The average Bonchev–Trinajstić information content (AvgIpc) is 3.22. The van der Waals surface area contributed by atoms with Crippen LogP contribution in [0, 0.1) is 0 Å². The number of anilines is 2. The highest BCUT2D eigenvalue weighted by molar-refractivity contribution is 5.91. The van der Waals surface area contributed by atoms with Gasteiger partial charge in [0.2, 0.25) is 11.9 Å². The van der Waals surface area contributed by atoms with Gasteiger partial charge in [-0.25, -0.2) is 9.59 Å². The van der Waals surface area contributed by atoms with Crippen LogP contribution in [0.2, 0.25) is 0 Å². The molecule has 2 aromatic heterocycles. The van der Waals surface area contributed by atoms with Crippen LogP contribution in [0.1, 0.15) is 31.8 Å². The van der Waals surface area contributed by atoms with E-state index in [0.717, 1.165) is 11.1 Å². The average molecular weight is 787 g/mol. The van der Waals surface area contributed by atoms with E-state index < -0.39 is 11.9 Å². The van der Waals surface area contributed by atoms with Crippen molar-refractivity contribution in [1.29, 1.82) is 0 Å². The van der Waals surface area contributed by atoms with Gasteiger partial charge >= 0.3 is 36.0 Å². The number of rotatable bonds is 6. The first-order chi connectivity index (χ1) is 28.5. The van der Waals surface area contributed by atoms with Crippen LogP contribution in [-0.4, -0.2) is 81.4 Å². The Morgan fingerprint density at radius 3 is 1.21 bits per heavy atom. The lowest BCUT2D eigenvalue weighted by molar-refractivity contribution is 0.0463. The van der Waals surface area contributed by atoms with Crippen molar-refractivity contribution in [2.24, 2.45) is 0 Å². The summed E-state index contributed by atoms with van der Waals surface area (Å²) in [5.74, 6) is -0.856. The Morgan fingerprint density at radius 1 is 0.483 bits per heavy atom. The quantitative estimate of drug-likeness (QED) is 0.144. The van der Waals surface area contributed by atoms with E-state index in [1.807, 2.05) is 60.7 Å². The smallest absolute Gasteiger partial charge is 0.338 e. The number of carbonyl (C=O) groups is 2. The van der Waals surface area contributed by atoms with E-state index >= 15 is 0 Å². The second-order valence-corrected chi connectivity index (χ2v) is 12.4. The fraction of sp³-hybridized carbons (Fsp3) is 0.200. The summed E-state index contributed by atoms with van der Waals surface area (Å²) in [6.45, 7) is 1.89. The molecule has 0 saturated carbocycles. The molecule has 0 aliphatic carbocycles. The monoisotopic (exact) mass is 786 g/mol. The van der Waals surface area contributed by atoms with Gasteiger partial charge in [0, 0.05) is 25.2 Å². The molecule has 4 aromatic carbocycles. The highest BCUT2D eigenvalue weighted by atomic mass is 16.5. The third-order valence-corrected chi connectivity index (χ3v) is 8.11. The lowest BCUT2D eigenvalue weighted by Crippen LogP contribution is -2.16. The van der Waals surface area contributed by atoms with Crippen LogP contribution in [0.25, 0.3) is 0 Å². The Labute approximate surface area is 330 Å². The number of hydrogen-bond donors (Lipinski definition) is 2. The molecule has 2 N–H and O–H groups in total. The summed E-state index contributed by atoms with van der Waals surface area (Å²) >= 11 is 0. The topological polar surface area (TPSA) is 209 Å². The number of esters is 2. The van der Waals surface area contributed by atoms with E-state index in [4.69, 9.17) is 37.9 Å². The van der Waals surface area contributed by atoms with Crippen molar-refractivity contribution in [3.8, 4) is 47.0 Å². The Kier molecular flexibility index (Phi) is 11.6. The second-order valence-electron chi connectivity index (χ2n) is 12.4. The molecule has 0 unspecified atom stereocenters. The lowest BCUT2D eigenvalue weighted by Gasteiger charge is -2.15.